The van der Waals surface area contributed by atoms with Crippen molar-refractivity contribution in [2.24, 2.45) is 0 Å². The highest BCUT2D eigenvalue weighted by atomic mass is 16.5. The van der Waals surface area contributed by atoms with E-state index in [4.69, 9.17) is 4.74 Å². The molecule has 0 amide bonds. The average Bonchev–Trinajstić information content (AvgIpc) is 3.41. The van der Waals surface area contributed by atoms with Gasteiger partial charge in [-0.2, -0.15) is 5.10 Å². The van der Waals surface area contributed by atoms with Gasteiger partial charge in [-0.1, -0.05) is 0 Å². The van der Waals surface area contributed by atoms with Gasteiger partial charge in [0, 0.05) is 63.5 Å². The average molecular weight is 412 g/mol. The van der Waals surface area contributed by atoms with Gasteiger partial charge in [0.05, 0.1) is 18.5 Å². The highest BCUT2D eigenvalue weighted by molar-refractivity contribution is 5.83. The maximum Gasteiger partial charge on any atom is 0.165 e. The molecule has 9 heteroatoms. The Kier molecular flexibility index (Phi) is 5.16. The molecule has 9 nitrogen and oxygen atoms in total. The SMILES string of the molecule is CCn1nccc1C1CCN(c2ncnc3c2ncn3CC2(O)CCOCC2)CC1. The van der Waals surface area contributed by atoms with Gasteiger partial charge in [-0.3, -0.25) is 4.68 Å². The van der Waals surface area contributed by atoms with Crippen LogP contribution in [-0.2, 0) is 17.8 Å². The number of fused-ring (bicyclic) bond motifs is 1. The van der Waals surface area contributed by atoms with Crippen LogP contribution in [0.25, 0.3) is 11.2 Å². The third-order valence-corrected chi connectivity index (χ3v) is 6.53. The summed E-state index contributed by atoms with van der Waals surface area (Å²) < 4.78 is 9.46. The summed E-state index contributed by atoms with van der Waals surface area (Å²) in [6.45, 7) is 6.57. The normalized spacial score (nSPS) is 20.1. The number of rotatable bonds is 5. The number of aryl methyl sites for hydroxylation is 1. The topological polar surface area (TPSA) is 94.1 Å². The van der Waals surface area contributed by atoms with E-state index in [2.05, 4.69) is 42.6 Å². The van der Waals surface area contributed by atoms with Crippen molar-refractivity contribution in [1.82, 2.24) is 29.3 Å². The van der Waals surface area contributed by atoms with E-state index in [9.17, 15) is 5.11 Å². The number of aliphatic hydroxyl groups is 1. The number of ether oxygens (including phenoxy) is 1. The monoisotopic (exact) mass is 411 g/mol. The first-order valence-electron chi connectivity index (χ1n) is 10.9. The van der Waals surface area contributed by atoms with Crippen molar-refractivity contribution in [3.63, 3.8) is 0 Å². The summed E-state index contributed by atoms with van der Waals surface area (Å²) in [5.74, 6) is 1.42. The molecule has 0 saturated carbocycles. The lowest BCUT2D eigenvalue weighted by Gasteiger charge is -2.33. The minimum atomic E-state index is -0.766. The Labute approximate surface area is 175 Å². The molecule has 2 aliphatic heterocycles. The molecule has 5 rings (SSSR count). The molecule has 160 valence electrons. The van der Waals surface area contributed by atoms with Crippen LogP contribution in [0.5, 0.6) is 0 Å². The van der Waals surface area contributed by atoms with Crippen molar-refractivity contribution in [2.75, 3.05) is 31.2 Å². The minimum Gasteiger partial charge on any atom is -0.388 e. The van der Waals surface area contributed by atoms with Gasteiger partial charge in [0.2, 0.25) is 0 Å². The molecule has 2 aliphatic rings. The van der Waals surface area contributed by atoms with Gasteiger partial charge in [-0.15, -0.1) is 0 Å². The molecule has 3 aromatic rings. The van der Waals surface area contributed by atoms with Crippen molar-refractivity contribution >= 4 is 17.0 Å². The summed E-state index contributed by atoms with van der Waals surface area (Å²) in [7, 11) is 0. The van der Waals surface area contributed by atoms with Gasteiger partial charge in [0.25, 0.3) is 0 Å². The van der Waals surface area contributed by atoms with Crippen LogP contribution >= 0.6 is 0 Å². The van der Waals surface area contributed by atoms with Crippen LogP contribution in [0.4, 0.5) is 5.82 Å². The molecule has 0 aliphatic carbocycles. The number of hydrogen-bond acceptors (Lipinski definition) is 7. The number of imidazole rings is 1. The lowest BCUT2D eigenvalue weighted by atomic mass is 9.93. The van der Waals surface area contributed by atoms with E-state index >= 15 is 0 Å². The lowest BCUT2D eigenvalue weighted by molar-refractivity contribution is -0.0723. The third-order valence-electron chi connectivity index (χ3n) is 6.53. The van der Waals surface area contributed by atoms with Crippen molar-refractivity contribution in [3.05, 3.63) is 30.6 Å². The van der Waals surface area contributed by atoms with Crippen LogP contribution in [-0.4, -0.2) is 66.3 Å². The quantitative estimate of drug-likeness (QED) is 0.686. The van der Waals surface area contributed by atoms with E-state index < -0.39 is 5.60 Å². The zero-order valence-electron chi connectivity index (χ0n) is 17.4. The second-order valence-corrected chi connectivity index (χ2v) is 8.41. The van der Waals surface area contributed by atoms with E-state index in [0.29, 0.717) is 38.5 Å². The van der Waals surface area contributed by atoms with Crippen LogP contribution in [0.15, 0.2) is 24.9 Å². The van der Waals surface area contributed by atoms with Crippen molar-refractivity contribution < 1.29 is 9.84 Å². The van der Waals surface area contributed by atoms with Crippen LogP contribution in [0.1, 0.15) is 44.2 Å². The van der Waals surface area contributed by atoms with Gasteiger partial charge in [-0.05, 0) is 25.8 Å². The highest BCUT2D eigenvalue weighted by Crippen LogP contribution is 2.32. The fraction of sp³-hybridized carbons (Fsp3) is 0.619. The van der Waals surface area contributed by atoms with E-state index in [1.807, 2.05) is 10.8 Å². The zero-order valence-corrected chi connectivity index (χ0v) is 17.4. The highest BCUT2D eigenvalue weighted by Gasteiger charge is 2.31. The summed E-state index contributed by atoms with van der Waals surface area (Å²) in [5, 5.41) is 15.3. The van der Waals surface area contributed by atoms with Crippen LogP contribution in [0.2, 0.25) is 0 Å². The Bertz CT molecular complexity index is 1000. The molecule has 0 aromatic carbocycles. The van der Waals surface area contributed by atoms with Crippen LogP contribution in [0, 0.1) is 0 Å². The van der Waals surface area contributed by atoms with Crippen molar-refractivity contribution in [2.45, 2.75) is 57.2 Å². The Hall–Kier alpha value is -2.52. The van der Waals surface area contributed by atoms with Gasteiger partial charge in [0.1, 0.15) is 6.33 Å². The molecule has 0 atom stereocenters. The Balaban J connectivity index is 1.34. The summed E-state index contributed by atoms with van der Waals surface area (Å²) in [4.78, 5) is 16.0. The molecule has 0 bridgehead atoms. The molecule has 30 heavy (non-hydrogen) atoms. The second kappa shape index (κ2) is 7.96. The summed E-state index contributed by atoms with van der Waals surface area (Å²) in [5.41, 5.74) is 2.16. The number of piperidine rings is 1. The van der Waals surface area contributed by atoms with Gasteiger partial charge >= 0.3 is 0 Å². The second-order valence-electron chi connectivity index (χ2n) is 8.41. The smallest absolute Gasteiger partial charge is 0.165 e. The van der Waals surface area contributed by atoms with Crippen molar-refractivity contribution in [1.29, 1.82) is 0 Å². The predicted octanol–water partition coefficient (Wildman–Crippen LogP) is 1.97. The van der Waals surface area contributed by atoms with Gasteiger partial charge < -0.3 is 19.3 Å². The first-order chi connectivity index (χ1) is 14.7. The minimum absolute atomic E-state index is 0.479. The Morgan fingerprint density at radius 3 is 2.73 bits per heavy atom. The first kappa shape index (κ1) is 19.4. The zero-order chi connectivity index (χ0) is 20.6. The van der Waals surface area contributed by atoms with E-state index in [1.165, 1.54) is 5.69 Å². The fourth-order valence-corrected chi connectivity index (χ4v) is 4.78. The Morgan fingerprint density at radius 2 is 1.97 bits per heavy atom. The summed E-state index contributed by atoms with van der Waals surface area (Å²) in [6, 6.07) is 2.15. The molecule has 5 heterocycles. The number of aromatic nitrogens is 6. The van der Waals surface area contributed by atoms with Gasteiger partial charge in [0.15, 0.2) is 17.0 Å². The maximum atomic E-state index is 10.9. The molecular formula is C21H29N7O2. The predicted molar refractivity (Wildman–Crippen MR) is 112 cm³/mol. The summed E-state index contributed by atoms with van der Waals surface area (Å²) in [6.07, 6.45) is 8.69. The lowest BCUT2D eigenvalue weighted by Crippen LogP contribution is -2.40. The van der Waals surface area contributed by atoms with E-state index in [0.717, 1.165) is 49.5 Å². The van der Waals surface area contributed by atoms with Crippen LogP contribution in [0.3, 0.4) is 0 Å². The number of nitrogens with zero attached hydrogens (tertiary/aromatic N) is 7. The molecule has 2 saturated heterocycles. The maximum absolute atomic E-state index is 10.9. The molecule has 1 N–H and O–H groups in total. The van der Waals surface area contributed by atoms with E-state index in [-0.39, 0.29) is 0 Å². The van der Waals surface area contributed by atoms with Crippen LogP contribution < -0.4 is 4.90 Å². The number of anilines is 1. The fourth-order valence-electron chi connectivity index (χ4n) is 4.78. The molecule has 2 fully saturated rings. The van der Waals surface area contributed by atoms with Crippen molar-refractivity contribution in [3.8, 4) is 0 Å². The Morgan fingerprint density at radius 1 is 1.17 bits per heavy atom. The molecule has 3 aromatic heterocycles. The molecule has 0 radical (unpaired) electrons. The number of hydrogen-bond donors (Lipinski definition) is 1. The standard InChI is InChI=1S/C21H29N7O2/c1-2-28-17(3-8-25-28)16-4-9-26(10-5-16)19-18-20(23-14-22-19)27(15-24-18)13-21(29)6-11-30-12-7-21/h3,8,14-16,29H,2,4-7,9-13H2,1H3. The molecular weight excluding hydrogens is 382 g/mol. The van der Waals surface area contributed by atoms with Gasteiger partial charge in [-0.25, -0.2) is 15.0 Å². The van der Waals surface area contributed by atoms with E-state index in [1.54, 1.807) is 12.7 Å². The third kappa shape index (κ3) is 3.56. The summed E-state index contributed by atoms with van der Waals surface area (Å²) >= 11 is 0. The first-order valence-corrected chi connectivity index (χ1v) is 10.9. The molecule has 0 unspecified atom stereocenters. The molecule has 0 spiro atoms. The largest absolute Gasteiger partial charge is 0.388 e.